The third-order valence-corrected chi connectivity index (χ3v) is 5.29. The van der Waals surface area contributed by atoms with Gasteiger partial charge >= 0.3 is 0 Å². The number of carbonyl (C=O) groups is 1. The molecular weight excluding hydrogens is 495 g/mol. The minimum Gasteiger partial charge on any atom is -0.489 e. The number of ether oxygens (including phenoxy) is 2. The van der Waals surface area contributed by atoms with Crippen LogP contribution in [0.15, 0.2) is 29.3 Å². The van der Waals surface area contributed by atoms with E-state index in [1.807, 2.05) is 36.1 Å². The molecule has 3 rings (SSSR count). The molecule has 0 bridgehead atoms. The van der Waals surface area contributed by atoms with Gasteiger partial charge in [-0.15, -0.1) is 24.0 Å². The van der Waals surface area contributed by atoms with E-state index in [0.717, 1.165) is 44.2 Å². The van der Waals surface area contributed by atoms with Crippen molar-refractivity contribution in [1.29, 1.82) is 0 Å². The van der Waals surface area contributed by atoms with E-state index in [-0.39, 0.29) is 42.1 Å². The van der Waals surface area contributed by atoms with E-state index in [9.17, 15) is 4.79 Å². The standard InChI is InChI=1S/C22H34N4O3.HI/c1-4-23-22(24-16-18(3)29-19-9-7-17(2)8-10-19)26-13-11-25(12-14-26)21(27)20-6-5-15-28-20;/h7-10,18,20H,4-6,11-16H2,1-3H3,(H,23,24);1H. The lowest BCUT2D eigenvalue weighted by Gasteiger charge is -2.37. The topological polar surface area (TPSA) is 66.4 Å². The minimum atomic E-state index is -0.233. The minimum absolute atomic E-state index is 0. The van der Waals surface area contributed by atoms with Crippen LogP contribution in [0.5, 0.6) is 5.75 Å². The number of carbonyl (C=O) groups excluding carboxylic acids is 1. The third-order valence-electron chi connectivity index (χ3n) is 5.29. The van der Waals surface area contributed by atoms with Crippen LogP contribution in [0.25, 0.3) is 0 Å². The Hall–Kier alpha value is -1.55. The van der Waals surface area contributed by atoms with E-state index in [2.05, 4.69) is 24.1 Å². The van der Waals surface area contributed by atoms with Crippen molar-refractivity contribution in [1.82, 2.24) is 15.1 Å². The number of guanidine groups is 1. The summed E-state index contributed by atoms with van der Waals surface area (Å²) in [6.07, 6.45) is 1.58. The molecule has 2 atom stereocenters. The number of rotatable bonds is 6. The van der Waals surface area contributed by atoms with Gasteiger partial charge < -0.3 is 24.6 Å². The normalized spacial score (nSPS) is 20.5. The second-order valence-corrected chi connectivity index (χ2v) is 7.75. The largest absolute Gasteiger partial charge is 0.489 e. The van der Waals surface area contributed by atoms with Crippen LogP contribution in [0, 0.1) is 6.92 Å². The number of hydrogen-bond donors (Lipinski definition) is 1. The summed E-state index contributed by atoms with van der Waals surface area (Å²) in [5, 5.41) is 3.37. The Morgan fingerprint density at radius 1 is 1.23 bits per heavy atom. The maximum atomic E-state index is 12.5. The molecule has 1 aromatic carbocycles. The molecule has 7 nitrogen and oxygen atoms in total. The lowest BCUT2D eigenvalue weighted by Crippen LogP contribution is -2.55. The highest BCUT2D eigenvalue weighted by atomic mass is 127. The molecule has 1 N–H and O–H groups in total. The number of amides is 1. The molecule has 0 aromatic heterocycles. The summed E-state index contributed by atoms with van der Waals surface area (Å²) >= 11 is 0. The van der Waals surface area contributed by atoms with Crippen LogP contribution in [0.2, 0.25) is 0 Å². The molecular formula is C22H35IN4O3. The number of aliphatic imine (C=N–C) groups is 1. The Morgan fingerprint density at radius 2 is 1.90 bits per heavy atom. The Labute approximate surface area is 197 Å². The third kappa shape index (κ3) is 7.01. The molecule has 30 heavy (non-hydrogen) atoms. The monoisotopic (exact) mass is 530 g/mol. The molecule has 0 saturated carbocycles. The first-order chi connectivity index (χ1) is 14.1. The van der Waals surface area contributed by atoms with E-state index in [0.29, 0.717) is 26.2 Å². The Bertz CT molecular complexity index is 684. The van der Waals surface area contributed by atoms with E-state index >= 15 is 0 Å². The van der Waals surface area contributed by atoms with Gasteiger partial charge in [-0.2, -0.15) is 0 Å². The van der Waals surface area contributed by atoms with Gasteiger partial charge in [-0.05, 0) is 45.7 Å². The van der Waals surface area contributed by atoms with Gasteiger partial charge in [-0.1, -0.05) is 17.7 Å². The molecule has 0 radical (unpaired) electrons. The molecule has 1 amide bonds. The summed E-state index contributed by atoms with van der Waals surface area (Å²) < 4.78 is 11.5. The van der Waals surface area contributed by atoms with E-state index in [1.165, 1.54) is 5.56 Å². The molecule has 2 aliphatic rings. The maximum absolute atomic E-state index is 12.5. The molecule has 0 spiro atoms. The Kier molecular flexibility index (Phi) is 10.2. The fourth-order valence-electron chi connectivity index (χ4n) is 3.64. The van der Waals surface area contributed by atoms with E-state index in [1.54, 1.807) is 0 Å². The first-order valence-electron chi connectivity index (χ1n) is 10.7. The van der Waals surface area contributed by atoms with Gasteiger partial charge in [0.25, 0.3) is 5.91 Å². The number of halogens is 1. The highest BCUT2D eigenvalue weighted by molar-refractivity contribution is 14.0. The van der Waals surface area contributed by atoms with Crippen molar-refractivity contribution in [2.75, 3.05) is 45.9 Å². The van der Waals surface area contributed by atoms with Gasteiger partial charge in [-0.25, -0.2) is 4.99 Å². The molecule has 0 aliphatic carbocycles. The Morgan fingerprint density at radius 3 is 2.50 bits per heavy atom. The molecule has 1 aromatic rings. The van der Waals surface area contributed by atoms with Gasteiger partial charge in [0.1, 0.15) is 18.0 Å². The zero-order chi connectivity index (χ0) is 20.6. The lowest BCUT2D eigenvalue weighted by molar-refractivity contribution is -0.142. The first-order valence-corrected chi connectivity index (χ1v) is 10.7. The van der Waals surface area contributed by atoms with Gasteiger partial charge in [0, 0.05) is 39.3 Å². The molecule has 2 aliphatic heterocycles. The zero-order valence-corrected chi connectivity index (χ0v) is 20.6. The molecule has 2 fully saturated rings. The van der Waals surface area contributed by atoms with E-state index in [4.69, 9.17) is 14.5 Å². The zero-order valence-electron chi connectivity index (χ0n) is 18.3. The number of benzene rings is 1. The van der Waals surface area contributed by atoms with E-state index < -0.39 is 0 Å². The number of piperazine rings is 1. The van der Waals surface area contributed by atoms with Gasteiger partial charge in [-0.3, -0.25) is 4.79 Å². The van der Waals surface area contributed by atoms with Crippen LogP contribution in [-0.4, -0.2) is 79.7 Å². The SMILES string of the molecule is CCNC(=NCC(C)Oc1ccc(C)cc1)N1CCN(C(=O)C2CCCO2)CC1.I. The first kappa shape index (κ1) is 24.7. The quantitative estimate of drug-likeness (QED) is 0.348. The number of nitrogens with one attached hydrogen (secondary N) is 1. The van der Waals surface area contributed by atoms with Gasteiger partial charge in [0.15, 0.2) is 5.96 Å². The van der Waals surface area contributed by atoms with Gasteiger partial charge in [0.05, 0.1) is 6.54 Å². The number of aryl methyl sites for hydroxylation is 1. The van der Waals surface area contributed by atoms with Crippen LogP contribution < -0.4 is 10.1 Å². The average molecular weight is 530 g/mol. The van der Waals surface area contributed by atoms with Crippen molar-refractivity contribution in [3.05, 3.63) is 29.8 Å². The van der Waals surface area contributed by atoms with Crippen LogP contribution in [-0.2, 0) is 9.53 Å². The molecule has 2 saturated heterocycles. The second-order valence-electron chi connectivity index (χ2n) is 7.75. The maximum Gasteiger partial charge on any atom is 0.251 e. The van der Waals surface area contributed by atoms with Crippen LogP contribution in [0.1, 0.15) is 32.3 Å². The predicted octanol–water partition coefficient (Wildman–Crippen LogP) is 2.67. The van der Waals surface area contributed by atoms with Crippen LogP contribution in [0.3, 0.4) is 0 Å². The van der Waals surface area contributed by atoms with Crippen molar-refractivity contribution in [2.24, 2.45) is 4.99 Å². The summed E-state index contributed by atoms with van der Waals surface area (Å²) in [5.74, 6) is 1.89. The fraction of sp³-hybridized carbons (Fsp3) is 0.636. The molecule has 2 heterocycles. The summed E-state index contributed by atoms with van der Waals surface area (Å²) in [5.41, 5.74) is 1.22. The second kappa shape index (κ2) is 12.3. The summed E-state index contributed by atoms with van der Waals surface area (Å²) in [7, 11) is 0. The highest BCUT2D eigenvalue weighted by Crippen LogP contribution is 2.16. The van der Waals surface area contributed by atoms with Crippen LogP contribution in [0.4, 0.5) is 0 Å². The van der Waals surface area contributed by atoms with Crippen molar-refractivity contribution >= 4 is 35.8 Å². The summed E-state index contributed by atoms with van der Waals surface area (Å²) in [6.45, 7) is 11.2. The predicted molar refractivity (Wildman–Crippen MR) is 130 cm³/mol. The van der Waals surface area contributed by atoms with Crippen molar-refractivity contribution in [2.45, 2.75) is 45.8 Å². The van der Waals surface area contributed by atoms with Crippen molar-refractivity contribution in [3.8, 4) is 5.75 Å². The highest BCUT2D eigenvalue weighted by Gasteiger charge is 2.30. The summed E-state index contributed by atoms with van der Waals surface area (Å²) in [4.78, 5) is 21.5. The average Bonchev–Trinajstić information content (AvgIpc) is 3.27. The lowest BCUT2D eigenvalue weighted by atomic mass is 10.2. The number of nitrogens with zero attached hydrogens (tertiary/aromatic N) is 3. The number of hydrogen-bond acceptors (Lipinski definition) is 4. The van der Waals surface area contributed by atoms with Crippen molar-refractivity contribution in [3.63, 3.8) is 0 Å². The summed E-state index contributed by atoms with van der Waals surface area (Å²) in [6, 6.07) is 8.08. The van der Waals surface area contributed by atoms with Crippen LogP contribution >= 0.6 is 24.0 Å². The molecule has 2 unspecified atom stereocenters. The fourth-order valence-corrected chi connectivity index (χ4v) is 3.64. The molecule has 168 valence electrons. The van der Waals surface area contributed by atoms with Crippen molar-refractivity contribution < 1.29 is 14.3 Å². The smallest absolute Gasteiger partial charge is 0.251 e. The molecule has 8 heteroatoms. The Balaban J connectivity index is 0.00000320. The van der Waals surface area contributed by atoms with Gasteiger partial charge in [0.2, 0.25) is 0 Å².